The van der Waals surface area contributed by atoms with Crippen LogP contribution < -0.4 is 9.88 Å². The number of carbonyl (C=O) groups excluding carboxylic acids is 3. The Bertz CT molecular complexity index is 965. The van der Waals surface area contributed by atoms with Crippen molar-refractivity contribution in [3.05, 3.63) is 30.1 Å². The molecule has 1 heterocycles. The summed E-state index contributed by atoms with van der Waals surface area (Å²) in [6, 6.07) is 5.71. The Morgan fingerprint density at radius 3 is 1.93 bits per heavy atom. The number of hydrogen-bond acceptors (Lipinski definition) is 5. The van der Waals surface area contributed by atoms with Crippen LogP contribution in [0.25, 0.3) is 0 Å². The third-order valence-corrected chi connectivity index (χ3v) is 9.40. The van der Waals surface area contributed by atoms with Gasteiger partial charge < -0.3 is 14.8 Å². The Morgan fingerprint density at radius 1 is 0.826 bits per heavy atom. The largest absolute Gasteiger partial charge is 0.446 e. The fourth-order valence-electron chi connectivity index (χ4n) is 6.47. The van der Waals surface area contributed by atoms with Gasteiger partial charge in [0.1, 0.15) is 25.8 Å². The molecule has 1 atom stereocenters. The quantitative estimate of drug-likeness (QED) is 0.0895. The second kappa shape index (κ2) is 25.4. The van der Waals surface area contributed by atoms with Crippen molar-refractivity contribution in [3.63, 3.8) is 0 Å². The lowest BCUT2D eigenvalue weighted by atomic mass is 9.85. The summed E-state index contributed by atoms with van der Waals surface area (Å²) < 4.78 is 13.4. The fraction of sp³-hybridized carbons (Fsp3) is 0.789. The van der Waals surface area contributed by atoms with Crippen LogP contribution in [0.2, 0.25) is 0 Å². The van der Waals surface area contributed by atoms with Crippen LogP contribution in [0.5, 0.6) is 0 Å². The average molecular weight is 645 g/mol. The molecule has 0 aliphatic heterocycles. The first kappa shape index (κ1) is 39.5. The van der Waals surface area contributed by atoms with Crippen molar-refractivity contribution in [2.45, 2.75) is 175 Å². The summed E-state index contributed by atoms with van der Waals surface area (Å²) in [5, 5.41) is 2.86. The van der Waals surface area contributed by atoms with E-state index in [0.29, 0.717) is 6.54 Å². The second-order valence-electron chi connectivity index (χ2n) is 13.2. The van der Waals surface area contributed by atoms with Crippen LogP contribution in [-0.4, -0.2) is 42.2 Å². The maximum absolute atomic E-state index is 13.2. The van der Waals surface area contributed by atoms with E-state index in [2.05, 4.69) is 12.2 Å². The minimum Gasteiger partial charge on any atom is -0.446 e. The Hall–Kier alpha value is -2.64. The van der Waals surface area contributed by atoms with Gasteiger partial charge in [0.15, 0.2) is 6.20 Å². The van der Waals surface area contributed by atoms with E-state index in [9.17, 15) is 14.4 Å². The first-order valence-corrected chi connectivity index (χ1v) is 18.8. The molecule has 1 aliphatic carbocycles. The maximum atomic E-state index is 13.2. The Balaban J connectivity index is 1.62. The number of ether oxygens (including phenoxy) is 2. The Kier molecular flexibility index (Phi) is 21.9. The van der Waals surface area contributed by atoms with Gasteiger partial charge in [-0.1, -0.05) is 129 Å². The van der Waals surface area contributed by atoms with Gasteiger partial charge in [0.25, 0.3) is 0 Å². The number of imide groups is 1. The van der Waals surface area contributed by atoms with Crippen molar-refractivity contribution in [2.24, 2.45) is 5.92 Å². The van der Waals surface area contributed by atoms with Gasteiger partial charge in [0.2, 0.25) is 11.6 Å². The first-order valence-electron chi connectivity index (χ1n) is 18.8. The third kappa shape index (κ3) is 17.3. The summed E-state index contributed by atoms with van der Waals surface area (Å²) in [5.41, 5.74) is 0.844. The molecule has 46 heavy (non-hydrogen) atoms. The molecular weight excluding hydrogens is 578 g/mol. The normalized spacial score (nSPS) is 14.1. The maximum Gasteiger partial charge on any atom is 0.417 e. The van der Waals surface area contributed by atoms with Crippen LogP contribution in [0.3, 0.4) is 0 Å². The highest BCUT2D eigenvalue weighted by Gasteiger charge is 2.32. The summed E-state index contributed by atoms with van der Waals surface area (Å²) in [5.74, 6) is -0.270. The molecule has 1 fully saturated rings. The monoisotopic (exact) mass is 644 g/mol. The van der Waals surface area contributed by atoms with Gasteiger partial charge in [0.05, 0.1) is 0 Å². The number of aryl methyl sites for hydroxylation is 1. The second-order valence-corrected chi connectivity index (χ2v) is 13.2. The molecule has 2 rings (SSSR count). The zero-order chi connectivity index (χ0) is 33.2. The predicted octanol–water partition coefficient (Wildman–Crippen LogP) is 9.42. The minimum atomic E-state index is -0.688. The molecule has 8 heteroatoms. The molecule has 1 aromatic rings. The van der Waals surface area contributed by atoms with Crippen LogP contribution in [0.4, 0.5) is 9.59 Å². The van der Waals surface area contributed by atoms with E-state index in [-0.39, 0.29) is 25.0 Å². The molecule has 0 radical (unpaired) electrons. The van der Waals surface area contributed by atoms with E-state index >= 15 is 0 Å². The van der Waals surface area contributed by atoms with Crippen LogP contribution in [0, 0.1) is 5.92 Å². The van der Waals surface area contributed by atoms with E-state index in [1.807, 2.05) is 35.9 Å². The molecule has 1 aromatic heterocycles. The van der Waals surface area contributed by atoms with Gasteiger partial charge in [-0.3, -0.25) is 4.79 Å². The van der Waals surface area contributed by atoms with Crippen LogP contribution in [0.15, 0.2) is 24.4 Å². The molecule has 1 saturated carbocycles. The molecule has 0 saturated heterocycles. The standard InChI is InChI=1S/C38H65N3O5/c1-4-6-7-8-9-10-11-12-13-14-15-16-17-18-19-24-29-39-37(43)45-32-36(34-26-21-20-22-27-34)46-38(44)41(33(3)42)31-35-28-23-25-30-40(35)5-2/h23,25,28,30,34,36H,4-22,24,26-27,29,31-32H2,1-3H3/p+1. The fourth-order valence-corrected chi connectivity index (χ4v) is 6.47. The molecule has 8 nitrogen and oxygen atoms in total. The molecule has 1 unspecified atom stereocenters. The van der Waals surface area contributed by atoms with Crippen molar-refractivity contribution in [2.75, 3.05) is 13.2 Å². The Labute approximate surface area is 280 Å². The smallest absolute Gasteiger partial charge is 0.417 e. The summed E-state index contributed by atoms with van der Waals surface area (Å²) >= 11 is 0. The lowest BCUT2D eigenvalue weighted by Crippen LogP contribution is -2.45. The summed E-state index contributed by atoms with van der Waals surface area (Å²) in [4.78, 5) is 39.3. The van der Waals surface area contributed by atoms with Gasteiger partial charge in [0, 0.05) is 25.6 Å². The lowest BCUT2D eigenvalue weighted by molar-refractivity contribution is -0.701. The van der Waals surface area contributed by atoms with Crippen LogP contribution in [0.1, 0.15) is 161 Å². The van der Waals surface area contributed by atoms with Gasteiger partial charge in [-0.05, 0) is 32.1 Å². The molecular formula is C38H66N3O5+. The molecule has 3 amide bonds. The van der Waals surface area contributed by atoms with E-state index in [1.165, 1.54) is 96.8 Å². The van der Waals surface area contributed by atoms with Gasteiger partial charge in [-0.2, -0.15) is 0 Å². The Morgan fingerprint density at radius 2 is 1.39 bits per heavy atom. The number of amides is 3. The highest BCUT2D eigenvalue weighted by Crippen LogP contribution is 2.29. The van der Waals surface area contributed by atoms with Crippen molar-refractivity contribution in [1.82, 2.24) is 10.2 Å². The number of hydrogen-bond donors (Lipinski definition) is 1. The van der Waals surface area contributed by atoms with Crippen LogP contribution in [-0.2, 0) is 27.4 Å². The summed E-state index contributed by atoms with van der Waals surface area (Å²) in [7, 11) is 0. The molecule has 0 spiro atoms. The number of rotatable bonds is 24. The van der Waals surface area contributed by atoms with Crippen LogP contribution >= 0.6 is 0 Å². The molecule has 262 valence electrons. The van der Waals surface area contributed by atoms with Crippen molar-refractivity contribution < 1.29 is 28.4 Å². The highest BCUT2D eigenvalue weighted by atomic mass is 16.6. The van der Waals surface area contributed by atoms with E-state index in [1.54, 1.807) is 0 Å². The van der Waals surface area contributed by atoms with Gasteiger partial charge in [-0.25, -0.2) is 19.1 Å². The number of aromatic nitrogens is 1. The zero-order valence-corrected chi connectivity index (χ0v) is 29.6. The molecule has 0 aromatic carbocycles. The molecule has 0 bridgehead atoms. The van der Waals surface area contributed by atoms with Gasteiger partial charge in [-0.15, -0.1) is 0 Å². The number of nitrogens with one attached hydrogen (secondary N) is 1. The third-order valence-electron chi connectivity index (χ3n) is 9.40. The van der Waals surface area contributed by atoms with Crippen molar-refractivity contribution in [3.8, 4) is 0 Å². The number of alkyl carbamates (subject to hydrolysis) is 1. The first-order chi connectivity index (χ1) is 22.5. The number of nitrogens with zero attached hydrogens (tertiary/aromatic N) is 2. The van der Waals surface area contributed by atoms with Gasteiger partial charge >= 0.3 is 12.2 Å². The number of pyridine rings is 1. The topological polar surface area (TPSA) is 88.8 Å². The SMILES string of the molecule is CCCCCCCCCCCCCCCCCCNC(=O)OCC(OC(=O)N(Cc1cccc[n+]1CC)C(C)=O)C1CCCCC1. The molecule has 1 aliphatic rings. The highest BCUT2D eigenvalue weighted by molar-refractivity contribution is 5.90. The summed E-state index contributed by atoms with van der Waals surface area (Å²) in [6.07, 6.45) is 26.3. The number of unbranched alkanes of at least 4 members (excludes halogenated alkanes) is 15. The zero-order valence-electron chi connectivity index (χ0n) is 29.6. The van der Waals surface area contributed by atoms with Crippen molar-refractivity contribution in [1.29, 1.82) is 0 Å². The lowest BCUT2D eigenvalue weighted by Gasteiger charge is -2.31. The number of carbonyl (C=O) groups is 3. The summed E-state index contributed by atoms with van der Waals surface area (Å²) in [6.45, 7) is 7.09. The van der Waals surface area contributed by atoms with E-state index < -0.39 is 18.3 Å². The van der Waals surface area contributed by atoms with Crippen molar-refractivity contribution >= 4 is 18.1 Å². The minimum absolute atomic E-state index is 0.00671. The predicted molar refractivity (Wildman–Crippen MR) is 184 cm³/mol. The average Bonchev–Trinajstić information content (AvgIpc) is 3.07. The molecule has 1 N–H and O–H groups in total. The van der Waals surface area contributed by atoms with E-state index in [0.717, 1.165) is 62.1 Å². The van der Waals surface area contributed by atoms with E-state index in [4.69, 9.17) is 9.47 Å².